The summed E-state index contributed by atoms with van der Waals surface area (Å²) in [5.74, 6) is 1.26. The Balaban J connectivity index is 1.40. The lowest BCUT2D eigenvalue weighted by molar-refractivity contribution is -0.130. The summed E-state index contributed by atoms with van der Waals surface area (Å²) in [5, 5.41) is 21.0. The van der Waals surface area contributed by atoms with Crippen LogP contribution in [-0.2, 0) is 4.79 Å². The highest BCUT2D eigenvalue weighted by Gasteiger charge is 2.53. The largest absolute Gasteiger partial charge is 0.389 e. The Bertz CT molecular complexity index is 532. The molecule has 4 aliphatic rings. The van der Waals surface area contributed by atoms with Crippen molar-refractivity contribution < 1.29 is 9.90 Å². The maximum absolute atomic E-state index is 12.4. The molecule has 1 saturated heterocycles. The molecule has 1 aliphatic heterocycles. The Morgan fingerprint density at radius 1 is 1.55 bits per heavy atom. The fourth-order valence-corrected chi connectivity index (χ4v) is 5.25. The van der Waals surface area contributed by atoms with E-state index in [1.54, 1.807) is 0 Å². The molecule has 0 aromatic carbocycles. The van der Waals surface area contributed by atoms with Crippen LogP contribution in [0, 0.1) is 17.2 Å². The Hall–Kier alpha value is -1.20. The predicted octanol–water partition coefficient (Wildman–Crippen LogP) is 1.08. The zero-order chi connectivity index (χ0) is 15.3. The Kier molecular flexibility index (Phi) is 3.38. The van der Waals surface area contributed by atoms with E-state index in [2.05, 4.69) is 11.4 Å². The van der Waals surface area contributed by atoms with E-state index < -0.39 is 0 Å². The van der Waals surface area contributed by atoms with E-state index in [-0.39, 0.29) is 23.6 Å². The molecule has 22 heavy (non-hydrogen) atoms. The summed E-state index contributed by atoms with van der Waals surface area (Å²) in [4.78, 5) is 14.3. The van der Waals surface area contributed by atoms with Gasteiger partial charge in [-0.1, -0.05) is 6.08 Å². The van der Waals surface area contributed by atoms with Gasteiger partial charge in [-0.25, -0.2) is 0 Å². The van der Waals surface area contributed by atoms with E-state index in [1.165, 1.54) is 11.8 Å². The third-order valence-electron chi connectivity index (χ3n) is 6.33. The summed E-state index contributed by atoms with van der Waals surface area (Å²) in [7, 11) is 0. The number of carbonyl (C=O) groups is 1. The third-order valence-corrected chi connectivity index (χ3v) is 6.33. The number of rotatable bonds is 4. The Labute approximate surface area is 131 Å². The third kappa shape index (κ3) is 2.14. The van der Waals surface area contributed by atoms with Crippen LogP contribution < -0.4 is 5.32 Å². The second-order valence-corrected chi connectivity index (χ2v) is 7.53. The first-order valence-corrected chi connectivity index (χ1v) is 8.55. The molecule has 120 valence electrons. The van der Waals surface area contributed by atoms with Gasteiger partial charge in [-0.2, -0.15) is 0 Å². The van der Waals surface area contributed by atoms with Gasteiger partial charge < -0.3 is 20.7 Å². The van der Waals surface area contributed by atoms with Gasteiger partial charge in [0.1, 0.15) is 0 Å². The van der Waals surface area contributed by atoms with Crippen LogP contribution in [0.5, 0.6) is 0 Å². The van der Waals surface area contributed by atoms with E-state index in [4.69, 9.17) is 5.41 Å². The standard InChI is InChI=1S/C17H25N3O2/c18-9-12-2-1-5-20(12)16(22)10-19-17-4-3-13-14(8-17)11(7-17)6-15(13)21/h3,9,11-12,14-15,18-19,21H,1-2,4-8,10H2/t11?,12-,14?,15?,17?/m0/s1. The van der Waals surface area contributed by atoms with Gasteiger partial charge in [-0.05, 0) is 55.9 Å². The molecule has 1 amide bonds. The zero-order valence-corrected chi connectivity index (χ0v) is 12.9. The van der Waals surface area contributed by atoms with Crippen molar-refractivity contribution in [3.05, 3.63) is 11.6 Å². The Morgan fingerprint density at radius 3 is 3.23 bits per heavy atom. The van der Waals surface area contributed by atoms with Gasteiger partial charge in [-0.3, -0.25) is 4.79 Å². The molecule has 0 aromatic heterocycles. The van der Waals surface area contributed by atoms with Crippen LogP contribution in [0.3, 0.4) is 0 Å². The van der Waals surface area contributed by atoms with Crippen LogP contribution in [0.25, 0.3) is 0 Å². The fourth-order valence-electron chi connectivity index (χ4n) is 5.25. The quantitative estimate of drug-likeness (QED) is 0.537. The molecule has 3 aliphatic carbocycles. The number of hydrogen-bond donors (Lipinski definition) is 3. The first-order chi connectivity index (χ1) is 10.6. The minimum Gasteiger partial charge on any atom is -0.389 e. The predicted molar refractivity (Wildman–Crippen MR) is 83.8 cm³/mol. The van der Waals surface area contributed by atoms with Crippen LogP contribution in [0.4, 0.5) is 0 Å². The van der Waals surface area contributed by atoms with Gasteiger partial charge in [0, 0.05) is 18.3 Å². The van der Waals surface area contributed by atoms with E-state index in [0.29, 0.717) is 18.4 Å². The topological polar surface area (TPSA) is 76.4 Å². The lowest BCUT2D eigenvalue weighted by atomic mass is 9.82. The number of hydrogen-bond acceptors (Lipinski definition) is 4. The van der Waals surface area contributed by atoms with Crippen molar-refractivity contribution in [2.45, 2.75) is 56.2 Å². The van der Waals surface area contributed by atoms with Gasteiger partial charge in [0.25, 0.3) is 0 Å². The van der Waals surface area contributed by atoms with E-state index >= 15 is 0 Å². The molecular formula is C17H25N3O2. The smallest absolute Gasteiger partial charge is 0.237 e. The molecule has 4 rings (SSSR count). The molecule has 0 spiro atoms. The number of nitrogens with zero attached hydrogens (tertiary/aromatic N) is 1. The molecule has 2 bridgehead atoms. The highest BCUT2D eigenvalue weighted by Crippen LogP contribution is 2.55. The number of nitrogens with one attached hydrogen (secondary N) is 2. The summed E-state index contributed by atoms with van der Waals surface area (Å²) in [6.07, 6.45) is 9.33. The maximum atomic E-state index is 12.4. The van der Waals surface area contributed by atoms with Crippen molar-refractivity contribution in [1.82, 2.24) is 10.2 Å². The minimum atomic E-state index is -0.215. The lowest BCUT2D eigenvalue weighted by Gasteiger charge is -2.35. The maximum Gasteiger partial charge on any atom is 0.237 e. The number of likely N-dealkylation sites (tertiary alicyclic amines) is 1. The van der Waals surface area contributed by atoms with Crippen LogP contribution >= 0.6 is 0 Å². The van der Waals surface area contributed by atoms with Gasteiger partial charge >= 0.3 is 0 Å². The molecule has 2 saturated carbocycles. The van der Waals surface area contributed by atoms with Crippen LogP contribution in [0.2, 0.25) is 0 Å². The van der Waals surface area contributed by atoms with Crippen molar-refractivity contribution in [2.75, 3.05) is 13.1 Å². The SMILES string of the molecule is N=C[C@@H]1CCCN1C(=O)CNC12CC=C3C(O)CC(C1)C3C2. The van der Waals surface area contributed by atoms with Crippen molar-refractivity contribution >= 4 is 12.1 Å². The molecular weight excluding hydrogens is 278 g/mol. The van der Waals surface area contributed by atoms with Crippen LogP contribution in [-0.4, -0.2) is 52.9 Å². The first-order valence-electron chi connectivity index (χ1n) is 8.55. The number of carbonyl (C=O) groups excluding carboxylic acids is 1. The van der Waals surface area contributed by atoms with Crippen molar-refractivity contribution in [3.63, 3.8) is 0 Å². The van der Waals surface area contributed by atoms with E-state index in [0.717, 1.165) is 45.1 Å². The second-order valence-electron chi connectivity index (χ2n) is 7.53. The Morgan fingerprint density at radius 2 is 2.41 bits per heavy atom. The lowest BCUT2D eigenvalue weighted by Crippen LogP contribution is -2.50. The van der Waals surface area contributed by atoms with Gasteiger partial charge in [0.05, 0.1) is 18.7 Å². The summed E-state index contributed by atoms with van der Waals surface area (Å²) in [6, 6.07) is 0.00256. The highest BCUT2D eigenvalue weighted by atomic mass is 16.3. The highest BCUT2D eigenvalue weighted by molar-refractivity contribution is 5.82. The monoisotopic (exact) mass is 303 g/mol. The molecule has 1 heterocycles. The van der Waals surface area contributed by atoms with Crippen molar-refractivity contribution in [2.24, 2.45) is 11.8 Å². The van der Waals surface area contributed by atoms with Gasteiger partial charge in [0.2, 0.25) is 5.91 Å². The molecule has 0 radical (unpaired) electrons. The summed E-state index contributed by atoms with van der Waals surface area (Å²) in [6.45, 7) is 1.17. The first kappa shape index (κ1) is 14.4. The van der Waals surface area contributed by atoms with E-state index in [9.17, 15) is 9.90 Å². The molecule has 5 heteroatoms. The molecule has 5 atom stereocenters. The zero-order valence-electron chi connectivity index (χ0n) is 12.9. The van der Waals surface area contributed by atoms with Gasteiger partial charge in [-0.15, -0.1) is 0 Å². The summed E-state index contributed by atoms with van der Waals surface area (Å²) < 4.78 is 0. The molecule has 4 unspecified atom stereocenters. The molecule has 5 nitrogen and oxygen atoms in total. The van der Waals surface area contributed by atoms with Crippen molar-refractivity contribution in [1.29, 1.82) is 5.41 Å². The molecule has 0 aromatic rings. The summed E-state index contributed by atoms with van der Waals surface area (Å²) >= 11 is 0. The minimum absolute atomic E-state index is 0.00256. The van der Waals surface area contributed by atoms with Crippen LogP contribution in [0.1, 0.15) is 38.5 Å². The van der Waals surface area contributed by atoms with Crippen molar-refractivity contribution in [3.8, 4) is 0 Å². The normalized spacial score (nSPS) is 42.6. The summed E-state index contributed by atoms with van der Waals surface area (Å²) in [5.41, 5.74) is 1.32. The fraction of sp³-hybridized carbons (Fsp3) is 0.765. The van der Waals surface area contributed by atoms with E-state index in [1.807, 2.05) is 4.90 Å². The number of aliphatic hydroxyl groups excluding tert-OH is 1. The number of amides is 1. The molecule has 3 fully saturated rings. The number of aliphatic hydroxyl groups is 1. The average molecular weight is 303 g/mol. The van der Waals surface area contributed by atoms with Crippen LogP contribution in [0.15, 0.2) is 11.6 Å². The average Bonchev–Trinajstić information content (AvgIpc) is 3.15. The number of fused-ring (bicyclic) bond motifs is 1. The second kappa shape index (κ2) is 5.17. The van der Waals surface area contributed by atoms with Gasteiger partial charge in [0.15, 0.2) is 0 Å². The molecule has 3 N–H and O–H groups in total.